The third-order valence-electron chi connectivity index (χ3n) is 3.88. The molecule has 2 aliphatic heterocycles. The molecule has 1 atom stereocenters. The Balaban J connectivity index is 0.00000176. The Morgan fingerprint density at radius 2 is 1.91 bits per heavy atom. The van der Waals surface area contributed by atoms with Crippen molar-refractivity contribution in [3.05, 3.63) is 29.8 Å². The van der Waals surface area contributed by atoms with Crippen LogP contribution in [0.1, 0.15) is 6.42 Å². The number of halogens is 3. The molecule has 2 amide bonds. The van der Waals surface area contributed by atoms with Gasteiger partial charge in [0, 0.05) is 19.6 Å². The van der Waals surface area contributed by atoms with Crippen LogP contribution in [0, 0.1) is 17.6 Å². The molecule has 1 aromatic rings. The van der Waals surface area contributed by atoms with Crippen molar-refractivity contribution < 1.29 is 18.4 Å². The van der Waals surface area contributed by atoms with Gasteiger partial charge in [0.15, 0.2) is 0 Å². The smallest absolute Gasteiger partial charge is 0.249 e. The molecular formula is C14H16ClF2N3O2. The summed E-state index contributed by atoms with van der Waals surface area (Å²) in [6.45, 7) is 1.38. The Morgan fingerprint density at radius 1 is 1.27 bits per heavy atom. The van der Waals surface area contributed by atoms with Crippen molar-refractivity contribution in [3.8, 4) is 0 Å². The summed E-state index contributed by atoms with van der Waals surface area (Å²) >= 11 is 0. The average molecular weight is 332 g/mol. The van der Waals surface area contributed by atoms with Gasteiger partial charge in [-0.25, -0.2) is 8.78 Å². The first-order chi connectivity index (χ1) is 10.1. The van der Waals surface area contributed by atoms with E-state index < -0.39 is 23.6 Å². The molecule has 2 aliphatic rings. The van der Waals surface area contributed by atoms with Crippen molar-refractivity contribution in [3.63, 3.8) is 0 Å². The topological polar surface area (TPSA) is 61.4 Å². The Bertz CT molecular complexity index is 575. The third kappa shape index (κ3) is 2.91. The zero-order valence-corrected chi connectivity index (χ0v) is 12.5. The van der Waals surface area contributed by atoms with E-state index in [9.17, 15) is 18.4 Å². The molecule has 1 aromatic carbocycles. The van der Waals surface area contributed by atoms with Crippen LogP contribution in [0.3, 0.4) is 0 Å². The highest BCUT2D eigenvalue weighted by molar-refractivity contribution is 6.01. The molecule has 0 radical (unpaired) electrons. The van der Waals surface area contributed by atoms with E-state index >= 15 is 0 Å². The summed E-state index contributed by atoms with van der Waals surface area (Å²) in [5.41, 5.74) is -0.343. The lowest BCUT2D eigenvalue weighted by Gasteiger charge is -2.27. The highest BCUT2D eigenvalue weighted by Gasteiger charge is 2.37. The van der Waals surface area contributed by atoms with Gasteiger partial charge in [0.05, 0.1) is 5.92 Å². The van der Waals surface area contributed by atoms with Crippen LogP contribution < -0.4 is 15.5 Å². The van der Waals surface area contributed by atoms with E-state index in [1.54, 1.807) is 0 Å². The molecule has 0 aromatic heterocycles. The lowest BCUT2D eigenvalue weighted by atomic mass is 10.0. The maximum atomic E-state index is 13.7. The van der Waals surface area contributed by atoms with Gasteiger partial charge >= 0.3 is 0 Å². The summed E-state index contributed by atoms with van der Waals surface area (Å²) in [7, 11) is 0. The fraction of sp³-hybridized carbons (Fsp3) is 0.429. The number of nitrogens with zero attached hydrogens (tertiary/aromatic N) is 1. The molecule has 3 rings (SSSR count). The van der Waals surface area contributed by atoms with Crippen molar-refractivity contribution in [1.29, 1.82) is 0 Å². The number of anilines is 1. The van der Waals surface area contributed by atoms with E-state index in [0.717, 1.165) is 17.0 Å². The number of hydrogen-bond donors (Lipinski definition) is 2. The summed E-state index contributed by atoms with van der Waals surface area (Å²) in [5.74, 6) is -2.35. The molecule has 2 saturated heterocycles. The van der Waals surface area contributed by atoms with Gasteiger partial charge < -0.3 is 15.5 Å². The lowest BCUT2D eigenvalue weighted by Crippen LogP contribution is -2.54. The van der Waals surface area contributed by atoms with Crippen molar-refractivity contribution in [2.45, 2.75) is 12.5 Å². The van der Waals surface area contributed by atoms with Crippen molar-refractivity contribution >= 4 is 29.9 Å². The van der Waals surface area contributed by atoms with Crippen LogP contribution in [0.25, 0.3) is 0 Å². The van der Waals surface area contributed by atoms with Crippen LogP contribution in [0.2, 0.25) is 0 Å². The maximum absolute atomic E-state index is 13.7. The Kier molecular flexibility index (Phi) is 4.97. The molecule has 8 heteroatoms. The zero-order valence-electron chi connectivity index (χ0n) is 11.6. The van der Waals surface area contributed by atoms with Gasteiger partial charge in [0.25, 0.3) is 0 Å². The largest absolute Gasteiger partial charge is 0.344 e. The number of benzene rings is 1. The normalized spacial score (nSPS) is 21.3. The van der Waals surface area contributed by atoms with Gasteiger partial charge in [-0.2, -0.15) is 0 Å². The second kappa shape index (κ2) is 6.58. The molecule has 2 fully saturated rings. The molecule has 0 aliphatic carbocycles. The number of para-hydroxylation sites is 1. The fourth-order valence-corrected chi connectivity index (χ4v) is 2.55. The fourth-order valence-electron chi connectivity index (χ4n) is 2.55. The van der Waals surface area contributed by atoms with Gasteiger partial charge in [0.2, 0.25) is 11.8 Å². The maximum Gasteiger partial charge on any atom is 0.249 e. The van der Waals surface area contributed by atoms with Gasteiger partial charge in [-0.1, -0.05) is 6.07 Å². The first kappa shape index (κ1) is 16.6. The third-order valence-corrected chi connectivity index (χ3v) is 3.88. The van der Waals surface area contributed by atoms with Crippen LogP contribution in [-0.4, -0.2) is 37.5 Å². The Hall–Kier alpha value is -1.73. The van der Waals surface area contributed by atoms with Crippen LogP contribution in [0.15, 0.2) is 18.2 Å². The highest BCUT2D eigenvalue weighted by atomic mass is 35.5. The second-order valence-electron chi connectivity index (χ2n) is 5.27. The van der Waals surface area contributed by atoms with Crippen LogP contribution in [-0.2, 0) is 9.59 Å². The van der Waals surface area contributed by atoms with Crippen molar-refractivity contribution in [1.82, 2.24) is 10.6 Å². The Labute approximate surface area is 132 Å². The predicted molar refractivity (Wildman–Crippen MR) is 78.9 cm³/mol. The first-order valence-corrected chi connectivity index (χ1v) is 6.84. The summed E-state index contributed by atoms with van der Waals surface area (Å²) in [6.07, 6.45) is 0.346. The summed E-state index contributed by atoms with van der Waals surface area (Å²) < 4.78 is 27.5. The van der Waals surface area contributed by atoms with Gasteiger partial charge in [-0.15, -0.1) is 12.4 Å². The SMILES string of the molecule is Cl.O=C(NC1CCN(c2c(F)cccc2F)C1=O)C1CNC1. The van der Waals surface area contributed by atoms with E-state index in [0.29, 0.717) is 19.5 Å². The molecule has 120 valence electrons. The van der Waals surface area contributed by atoms with E-state index in [1.807, 2.05) is 0 Å². The molecule has 0 saturated carbocycles. The first-order valence-electron chi connectivity index (χ1n) is 6.84. The minimum atomic E-state index is -0.779. The number of amides is 2. The lowest BCUT2D eigenvalue weighted by molar-refractivity contribution is -0.130. The van der Waals surface area contributed by atoms with Gasteiger partial charge in [-0.3, -0.25) is 9.59 Å². The van der Waals surface area contributed by atoms with E-state index in [2.05, 4.69) is 10.6 Å². The number of rotatable bonds is 3. The quantitative estimate of drug-likeness (QED) is 0.862. The van der Waals surface area contributed by atoms with E-state index in [4.69, 9.17) is 0 Å². The van der Waals surface area contributed by atoms with Crippen molar-refractivity contribution in [2.24, 2.45) is 5.92 Å². The number of hydrogen-bond acceptors (Lipinski definition) is 3. The summed E-state index contributed by atoms with van der Waals surface area (Å²) in [6, 6.07) is 2.75. The number of nitrogens with one attached hydrogen (secondary N) is 2. The second-order valence-corrected chi connectivity index (χ2v) is 5.27. The minimum Gasteiger partial charge on any atom is -0.344 e. The van der Waals surface area contributed by atoms with E-state index in [1.165, 1.54) is 6.07 Å². The number of carbonyl (C=O) groups is 2. The molecule has 5 nitrogen and oxygen atoms in total. The average Bonchev–Trinajstić information content (AvgIpc) is 2.69. The van der Waals surface area contributed by atoms with Gasteiger partial charge in [0.1, 0.15) is 23.4 Å². The summed E-state index contributed by atoms with van der Waals surface area (Å²) in [4.78, 5) is 25.1. The summed E-state index contributed by atoms with van der Waals surface area (Å²) in [5, 5.41) is 5.63. The monoisotopic (exact) mass is 331 g/mol. The van der Waals surface area contributed by atoms with Crippen LogP contribution in [0.4, 0.5) is 14.5 Å². The molecule has 2 heterocycles. The van der Waals surface area contributed by atoms with Crippen LogP contribution in [0.5, 0.6) is 0 Å². The zero-order chi connectivity index (χ0) is 15.0. The minimum absolute atomic E-state index is 0. The molecular weight excluding hydrogens is 316 g/mol. The molecule has 0 spiro atoms. The molecule has 1 unspecified atom stereocenters. The van der Waals surface area contributed by atoms with Crippen molar-refractivity contribution in [2.75, 3.05) is 24.5 Å². The van der Waals surface area contributed by atoms with Gasteiger partial charge in [-0.05, 0) is 18.6 Å². The molecule has 2 N–H and O–H groups in total. The van der Waals surface area contributed by atoms with Crippen LogP contribution >= 0.6 is 12.4 Å². The predicted octanol–water partition coefficient (Wildman–Crippen LogP) is 0.827. The highest BCUT2D eigenvalue weighted by Crippen LogP contribution is 2.27. The molecule has 22 heavy (non-hydrogen) atoms. The number of carbonyl (C=O) groups excluding carboxylic acids is 2. The van der Waals surface area contributed by atoms with E-state index in [-0.39, 0.29) is 36.5 Å². The standard InChI is InChI=1S/C14H15F2N3O2.ClH/c15-9-2-1-3-10(16)12(9)19-5-4-11(14(19)21)18-13(20)8-6-17-7-8;/h1-3,8,11,17H,4-7H2,(H,18,20);1H. The molecule has 0 bridgehead atoms. The Morgan fingerprint density at radius 3 is 2.45 bits per heavy atom.